The molecule has 5 rings (SSSR count). The van der Waals surface area contributed by atoms with Crippen molar-refractivity contribution in [2.24, 2.45) is 0 Å². The lowest BCUT2D eigenvalue weighted by Gasteiger charge is -2.35. The SMILES string of the molecule is Cc1ccccc1C(=O)NC1CCN(c2ccccc2C(=O)NCc2ccc3c(c2)OCO3)CC1. The van der Waals surface area contributed by atoms with Crippen LogP contribution in [0, 0.1) is 6.92 Å². The van der Waals surface area contributed by atoms with E-state index < -0.39 is 0 Å². The molecule has 2 amide bonds. The number of nitrogens with zero attached hydrogens (tertiary/aromatic N) is 1. The number of carbonyl (C=O) groups is 2. The molecule has 1 saturated heterocycles. The topological polar surface area (TPSA) is 79.9 Å². The zero-order valence-corrected chi connectivity index (χ0v) is 19.8. The summed E-state index contributed by atoms with van der Waals surface area (Å²) >= 11 is 0. The highest BCUT2D eigenvalue weighted by Gasteiger charge is 2.24. The van der Waals surface area contributed by atoms with Gasteiger partial charge in [-0.25, -0.2) is 0 Å². The first-order valence-corrected chi connectivity index (χ1v) is 12.0. The number of nitrogens with one attached hydrogen (secondary N) is 2. The van der Waals surface area contributed by atoms with Crippen LogP contribution in [-0.4, -0.2) is 37.7 Å². The number of benzene rings is 3. The van der Waals surface area contributed by atoms with E-state index in [1.165, 1.54) is 0 Å². The lowest BCUT2D eigenvalue weighted by Crippen LogP contribution is -2.45. The second kappa shape index (κ2) is 10.1. The number of ether oxygens (including phenoxy) is 2. The van der Waals surface area contributed by atoms with Crippen LogP contribution in [0.3, 0.4) is 0 Å². The van der Waals surface area contributed by atoms with Gasteiger partial charge in [-0.05, 0) is 61.2 Å². The molecule has 0 aliphatic carbocycles. The van der Waals surface area contributed by atoms with Gasteiger partial charge in [0.25, 0.3) is 11.8 Å². The Labute approximate surface area is 205 Å². The number of rotatable bonds is 6. The summed E-state index contributed by atoms with van der Waals surface area (Å²) in [4.78, 5) is 28.0. The summed E-state index contributed by atoms with van der Waals surface area (Å²) in [6.07, 6.45) is 1.65. The largest absolute Gasteiger partial charge is 0.454 e. The van der Waals surface area contributed by atoms with E-state index in [0.29, 0.717) is 17.9 Å². The van der Waals surface area contributed by atoms with Crippen molar-refractivity contribution in [1.82, 2.24) is 10.6 Å². The van der Waals surface area contributed by atoms with Crippen molar-refractivity contribution in [2.75, 3.05) is 24.8 Å². The Kier molecular flexibility index (Phi) is 6.57. The molecule has 180 valence electrons. The Balaban J connectivity index is 1.19. The van der Waals surface area contributed by atoms with Crippen LogP contribution in [-0.2, 0) is 6.54 Å². The molecule has 2 aliphatic heterocycles. The molecule has 0 atom stereocenters. The first kappa shape index (κ1) is 22.8. The molecular weight excluding hydrogens is 442 g/mol. The van der Waals surface area contributed by atoms with Crippen LogP contribution in [0.4, 0.5) is 5.69 Å². The predicted molar refractivity (Wildman–Crippen MR) is 134 cm³/mol. The first-order valence-electron chi connectivity index (χ1n) is 12.0. The molecule has 7 heteroatoms. The van der Waals surface area contributed by atoms with Gasteiger partial charge in [0, 0.05) is 36.9 Å². The van der Waals surface area contributed by atoms with Crippen LogP contribution < -0.4 is 25.0 Å². The van der Waals surface area contributed by atoms with E-state index in [1.807, 2.05) is 73.7 Å². The third-order valence-electron chi connectivity index (χ3n) is 6.60. The van der Waals surface area contributed by atoms with Crippen molar-refractivity contribution in [3.8, 4) is 11.5 Å². The van der Waals surface area contributed by atoms with Gasteiger partial charge in [0.15, 0.2) is 11.5 Å². The molecular formula is C28H29N3O4. The minimum Gasteiger partial charge on any atom is -0.454 e. The molecule has 3 aromatic rings. The number of aryl methyl sites for hydroxylation is 1. The van der Waals surface area contributed by atoms with E-state index in [-0.39, 0.29) is 24.6 Å². The third kappa shape index (κ3) is 5.09. The summed E-state index contributed by atoms with van der Waals surface area (Å²) in [6.45, 7) is 4.12. The summed E-state index contributed by atoms with van der Waals surface area (Å²) in [5.74, 6) is 1.29. The molecule has 3 aromatic carbocycles. The number of anilines is 1. The highest BCUT2D eigenvalue weighted by Crippen LogP contribution is 2.32. The Morgan fingerprint density at radius 3 is 2.40 bits per heavy atom. The smallest absolute Gasteiger partial charge is 0.253 e. The molecule has 0 saturated carbocycles. The summed E-state index contributed by atoms with van der Waals surface area (Å²) in [5, 5.41) is 6.20. The minimum atomic E-state index is -0.117. The molecule has 35 heavy (non-hydrogen) atoms. The highest BCUT2D eigenvalue weighted by molar-refractivity contribution is 6.00. The Hall–Kier alpha value is -4.00. The lowest BCUT2D eigenvalue weighted by atomic mass is 10.0. The molecule has 2 aliphatic rings. The van der Waals surface area contributed by atoms with E-state index in [2.05, 4.69) is 15.5 Å². The van der Waals surface area contributed by atoms with Gasteiger partial charge in [-0.15, -0.1) is 0 Å². The monoisotopic (exact) mass is 471 g/mol. The van der Waals surface area contributed by atoms with Crippen molar-refractivity contribution < 1.29 is 19.1 Å². The van der Waals surface area contributed by atoms with Crippen LogP contribution >= 0.6 is 0 Å². The quantitative estimate of drug-likeness (QED) is 0.567. The van der Waals surface area contributed by atoms with Crippen molar-refractivity contribution >= 4 is 17.5 Å². The van der Waals surface area contributed by atoms with Gasteiger partial charge >= 0.3 is 0 Å². The van der Waals surface area contributed by atoms with Gasteiger partial charge in [0.05, 0.1) is 5.56 Å². The highest BCUT2D eigenvalue weighted by atomic mass is 16.7. The molecule has 0 radical (unpaired) electrons. The number of hydrogen-bond acceptors (Lipinski definition) is 5. The summed E-state index contributed by atoms with van der Waals surface area (Å²) < 4.78 is 10.8. The van der Waals surface area contributed by atoms with E-state index in [9.17, 15) is 9.59 Å². The zero-order valence-electron chi connectivity index (χ0n) is 19.8. The van der Waals surface area contributed by atoms with Crippen LogP contribution in [0.15, 0.2) is 66.7 Å². The molecule has 2 N–H and O–H groups in total. The lowest BCUT2D eigenvalue weighted by molar-refractivity contribution is 0.0929. The second-order valence-corrected chi connectivity index (χ2v) is 8.94. The number of piperidine rings is 1. The van der Waals surface area contributed by atoms with Gasteiger partial charge in [0.1, 0.15) is 0 Å². The maximum Gasteiger partial charge on any atom is 0.253 e. The van der Waals surface area contributed by atoms with E-state index in [1.54, 1.807) is 0 Å². The number of para-hydroxylation sites is 1. The van der Waals surface area contributed by atoms with Gasteiger partial charge in [0.2, 0.25) is 6.79 Å². The molecule has 7 nitrogen and oxygen atoms in total. The van der Waals surface area contributed by atoms with Gasteiger partial charge in [-0.1, -0.05) is 36.4 Å². The first-order chi connectivity index (χ1) is 17.1. The number of fused-ring (bicyclic) bond motifs is 1. The fraction of sp³-hybridized carbons (Fsp3) is 0.286. The number of carbonyl (C=O) groups excluding carboxylic acids is 2. The van der Waals surface area contributed by atoms with Gasteiger partial charge in [-0.2, -0.15) is 0 Å². The summed E-state index contributed by atoms with van der Waals surface area (Å²) in [5.41, 5.74) is 4.21. The average Bonchev–Trinajstić information content (AvgIpc) is 3.36. The van der Waals surface area contributed by atoms with Crippen molar-refractivity contribution in [1.29, 1.82) is 0 Å². The van der Waals surface area contributed by atoms with E-state index >= 15 is 0 Å². The fourth-order valence-electron chi connectivity index (χ4n) is 4.63. The van der Waals surface area contributed by atoms with Crippen LogP contribution in [0.25, 0.3) is 0 Å². The molecule has 0 aromatic heterocycles. The molecule has 2 heterocycles. The Morgan fingerprint density at radius 2 is 1.60 bits per heavy atom. The normalized spacial score (nSPS) is 15.1. The maximum absolute atomic E-state index is 13.1. The van der Waals surface area contributed by atoms with Crippen molar-refractivity contribution in [3.05, 3.63) is 89.0 Å². The minimum absolute atomic E-state index is 0.0233. The fourth-order valence-corrected chi connectivity index (χ4v) is 4.63. The Morgan fingerprint density at radius 1 is 0.886 bits per heavy atom. The standard InChI is InChI=1S/C28H29N3O4/c1-19-6-2-3-7-22(19)28(33)30-21-12-14-31(15-13-21)24-9-5-4-8-23(24)27(32)29-17-20-10-11-25-26(16-20)35-18-34-25/h2-11,16,21H,12-15,17-18H2,1H3,(H,29,32)(H,30,33). The number of hydrogen-bond donors (Lipinski definition) is 2. The summed E-state index contributed by atoms with van der Waals surface area (Å²) in [6, 6.07) is 21.1. The van der Waals surface area contributed by atoms with E-state index in [0.717, 1.165) is 54.1 Å². The molecule has 0 spiro atoms. The second-order valence-electron chi connectivity index (χ2n) is 8.94. The van der Waals surface area contributed by atoms with Crippen LogP contribution in [0.1, 0.15) is 44.7 Å². The Bertz CT molecular complexity index is 1230. The average molecular weight is 472 g/mol. The summed E-state index contributed by atoms with van der Waals surface area (Å²) in [7, 11) is 0. The van der Waals surface area contributed by atoms with Gasteiger partial charge < -0.3 is 25.0 Å². The van der Waals surface area contributed by atoms with Crippen molar-refractivity contribution in [2.45, 2.75) is 32.4 Å². The van der Waals surface area contributed by atoms with Crippen LogP contribution in [0.2, 0.25) is 0 Å². The zero-order chi connectivity index (χ0) is 24.2. The maximum atomic E-state index is 13.1. The van der Waals surface area contributed by atoms with Crippen LogP contribution in [0.5, 0.6) is 11.5 Å². The van der Waals surface area contributed by atoms with E-state index in [4.69, 9.17) is 9.47 Å². The van der Waals surface area contributed by atoms with Crippen molar-refractivity contribution in [3.63, 3.8) is 0 Å². The predicted octanol–water partition coefficient (Wildman–Crippen LogP) is 4.05. The van der Waals surface area contributed by atoms with Gasteiger partial charge in [-0.3, -0.25) is 9.59 Å². The number of amides is 2. The molecule has 0 bridgehead atoms. The molecule has 0 unspecified atom stereocenters. The third-order valence-corrected chi connectivity index (χ3v) is 6.60. The molecule has 1 fully saturated rings.